The highest BCUT2D eigenvalue weighted by molar-refractivity contribution is 5.91. The molecule has 1 rings (SSSR count). The summed E-state index contributed by atoms with van der Waals surface area (Å²) < 4.78 is 4.89. The maximum Gasteiger partial charge on any atom is 0.338 e. The van der Waals surface area contributed by atoms with E-state index < -0.39 is 11.9 Å². The van der Waals surface area contributed by atoms with Gasteiger partial charge in [-0.25, -0.2) is 4.79 Å². The fourth-order valence-corrected chi connectivity index (χ4v) is 1.36. The first-order valence-electron chi connectivity index (χ1n) is 5.56. The molecule has 0 aromatic heterocycles. The van der Waals surface area contributed by atoms with Gasteiger partial charge in [-0.3, -0.25) is 4.79 Å². The summed E-state index contributed by atoms with van der Waals surface area (Å²) in [6.07, 6.45) is 3.38. The first-order valence-corrected chi connectivity index (χ1v) is 5.56. The molecule has 1 aromatic rings. The van der Waals surface area contributed by atoms with Crippen molar-refractivity contribution >= 4 is 23.6 Å². The molecular weight excluding hydrogens is 232 g/mol. The van der Waals surface area contributed by atoms with Crippen molar-refractivity contribution in [2.75, 3.05) is 12.3 Å². The summed E-state index contributed by atoms with van der Waals surface area (Å²) in [6.45, 7) is 2.05. The van der Waals surface area contributed by atoms with E-state index in [9.17, 15) is 9.59 Å². The highest BCUT2D eigenvalue weighted by atomic mass is 16.5. The Balaban J connectivity index is 2.90. The molecule has 0 atom stereocenters. The summed E-state index contributed by atoms with van der Waals surface area (Å²) >= 11 is 0. The number of carbonyl (C=O) groups excluding carboxylic acids is 2. The predicted molar refractivity (Wildman–Crippen MR) is 69.7 cm³/mol. The van der Waals surface area contributed by atoms with Gasteiger partial charge in [0.2, 0.25) is 5.91 Å². The molecule has 0 heterocycles. The molecule has 1 amide bonds. The largest absolute Gasteiger partial charge is 0.462 e. The average molecular weight is 248 g/mol. The Bertz CT molecular complexity index is 481. The number of primary amides is 1. The monoisotopic (exact) mass is 248 g/mol. The summed E-state index contributed by atoms with van der Waals surface area (Å²) in [4.78, 5) is 22.1. The van der Waals surface area contributed by atoms with E-state index in [1.54, 1.807) is 37.3 Å². The minimum Gasteiger partial charge on any atom is -0.462 e. The maximum atomic E-state index is 11.5. The van der Waals surface area contributed by atoms with Crippen LogP contribution in [0.1, 0.15) is 29.3 Å². The van der Waals surface area contributed by atoms with Crippen LogP contribution in [0.4, 0.5) is 5.69 Å². The van der Waals surface area contributed by atoms with Crippen LogP contribution in [0.15, 0.2) is 24.3 Å². The lowest BCUT2D eigenvalue weighted by Gasteiger charge is -2.05. The van der Waals surface area contributed by atoms with Gasteiger partial charge in [-0.2, -0.15) is 0 Å². The smallest absolute Gasteiger partial charge is 0.338 e. The molecule has 18 heavy (non-hydrogen) atoms. The van der Waals surface area contributed by atoms with E-state index in [0.29, 0.717) is 23.4 Å². The molecule has 0 bridgehead atoms. The maximum absolute atomic E-state index is 11.5. The third-order valence-corrected chi connectivity index (χ3v) is 2.21. The Hall–Kier alpha value is -2.30. The highest BCUT2D eigenvalue weighted by Gasteiger charge is 2.07. The van der Waals surface area contributed by atoms with Gasteiger partial charge < -0.3 is 16.2 Å². The summed E-state index contributed by atoms with van der Waals surface area (Å²) in [7, 11) is 0. The van der Waals surface area contributed by atoms with E-state index in [2.05, 4.69) is 0 Å². The minimum atomic E-state index is -0.425. The van der Waals surface area contributed by atoms with Gasteiger partial charge in [0.05, 0.1) is 12.2 Å². The number of nitrogens with two attached hydrogens (primary N) is 2. The molecule has 96 valence electrons. The van der Waals surface area contributed by atoms with E-state index in [-0.39, 0.29) is 6.42 Å². The van der Waals surface area contributed by atoms with E-state index in [1.807, 2.05) is 0 Å². The first-order chi connectivity index (χ1) is 8.54. The normalized spacial score (nSPS) is 10.5. The van der Waals surface area contributed by atoms with Crippen molar-refractivity contribution in [3.8, 4) is 0 Å². The lowest BCUT2D eigenvalue weighted by atomic mass is 10.1. The van der Waals surface area contributed by atoms with Crippen LogP contribution < -0.4 is 11.5 Å². The molecule has 0 aliphatic heterocycles. The topological polar surface area (TPSA) is 95.4 Å². The summed E-state index contributed by atoms with van der Waals surface area (Å²) in [5.41, 5.74) is 12.4. The van der Waals surface area contributed by atoms with Crippen molar-refractivity contribution in [1.29, 1.82) is 0 Å². The van der Waals surface area contributed by atoms with Crippen molar-refractivity contribution in [2.24, 2.45) is 5.73 Å². The molecule has 0 fully saturated rings. The Labute approximate surface area is 105 Å². The predicted octanol–water partition coefficient (Wildman–Crippen LogP) is 1.33. The standard InChI is InChI=1S/C13H16N2O3/c1-2-18-13(17)10-6-7-11(14)9(8-10)4-3-5-12(15)16/h3-4,6-8H,2,5,14H2,1H3,(H2,15,16). The summed E-state index contributed by atoms with van der Waals surface area (Å²) in [5.74, 6) is -0.826. The van der Waals surface area contributed by atoms with Gasteiger partial charge in [-0.05, 0) is 30.7 Å². The zero-order valence-electron chi connectivity index (χ0n) is 10.2. The first kappa shape index (κ1) is 13.8. The second-order valence-corrected chi connectivity index (χ2v) is 3.64. The van der Waals surface area contributed by atoms with Gasteiger partial charge in [-0.15, -0.1) is 0 Å². The van der Waals surface area contributed by atoms with E-state index in [1.165, 1.54) is 0 Å². The van der Waals surface area contributed by atoms with Crippen LogP contribution in [0.5, 0.6) is 0 Å². The lowest BCUT2D eigenvalue weighted by Crippen LogP contribution is -2.08. The molecule has 4 N–H and O–H groups in total. The van der Waals surface area contributed by atoms with Gasteiger partial charge in [-0.1, -0.05) is 12.2 Å². The molecule has 5 nitrogen and oxygen atoms in total. The van der Waals surface area contributed by atoms with Gasteiger partial charge in [0.25, 0.3) is 0 Å². The van der Waals surface area contributed by atoms with Crippen LogP contribution in [-0.4, -0.2) is 18.5 Å². The molecular formula is C13H16N2O3. The number of esters is 1. The highest BCUT2D eigenvalue weighted by Crippen LogP contribution is 2.17. The number of nitrogen functional groups attached to an aromatic ring is 1. The van der Waals surface area contributed by atoms with Crippen molar-refractivity contribution in [2.45, 2.75) is 13.3 Å². The van der Waals surface area contributed by atoms with Crippen molar-refractivity contribution < 1.29 is 14.3 Å². The Morgan fingerprint density at radius 2 is 2.11 bits per heavy atom. The number of ether oxygens (including phenoxy) is 1. The SMILES string of the molecule is CCOC(=O)c1ccc(N)c(C=CCC(N)=O)c1. The molecule has 0 aliphatic carbocycles. The van der Waals surface area contributed by atoms with Crippen LogP contribution in [0.3, 0.4) is 0 Å². The van der Waals surface area contributed by atoms with Crippen molar-refractivity contribution in [1.82, 2.24) is 0 Å². The number of rotatable bonds is 5. The third-order valence-electron chi connectivity index (χ3n) is 2.21. The number of anilines is 1. The zero-order valence-corrected chi connectivity index (χ0v) is 10.2. The second-order valence-electron chi connectivity index (χ2n) is 3.64. The molecule has 0 saturated heterocycles. The van der Waals surface area contributed by atoms with Crippen LogP contribution in [-0.2, 0) is 9.53 Å². The number of carbonyl (C=O) groups is 2. The number of benzene rings is 1. The number of amides is 1. The molecule has 1 aromatic carbocycles. The zero-order chi connectivity index (χ0) is 13.5. The second kappa shape index (κ2) is 6.44. The van der Waals surface area contributed by atoms with Crippen LogP contribution >= 0.6 is 0 Å². The Morgan fingerprint density at radius 1 is 1.39 bits per heavy atom. The molecule has 0 saturated carbocycles. The van der Waals surface area contributed by atoms with Crippen LogP contribution in [0.2, 0.25) is 0 Å². The van der Waals surface area contributed by atoms with E-state index in [4.69, 9.17) is 16.2 Å². The quantitative estimate of drug-likeness (QED) is 0.607. The lowest BCUT2D eigenvalue weighted by molar-refractivity contribution is -0.117. The number of hydrogen-bond donors (Lipinski definition) is 2. The van der Waals surface area contributed by atoms with Gasteiger partial charge >= 0.3 is 5.97 Å². The molecule has 0 aliphatic rings. The van der Waals surface area contributed by atoms with Gasteiger partial charge in [0, 0.05) is 12.1 Å². The summed E-state index contributed by atoms with van der Waals surface area (Å²) in [6, 6.07) is 4.83. The van der Waals surface area contributed by atoms with E-state index >= 15 is 0 Å². The molecule has 0 unspecified atom stereocenters. The molecule has 5 heteroatoms. The Morgan fingerprint density at radius 3 is 2.72 bits per heavy atom. The van der Waals surface area contributed by atoms with Crippen LogP contribution in [0, 0.1) is 0 Å². The van der Waals surface area contributed by atoms with E-state index in [0.717, 1.165) is 0 Å². The van der Waals surface area contributed by atoms with Crippen LogP contribution in [0.25, 0.3) is 6.08 Å². The fraction of sp³-hybridized carbons (Fsp3) is 0.231. The fourth-order valence-electron chi connectivity index (χ4n) is 1.36. The van der Waals surface area contributed by atoms with Crippen molar-refractivity contribution in [3.63, 3.8) is 0 Å². The molecule has 0 spiro atoms. The average Bonchev–Trinajstić information content (AvgIpc) is 2.31. The minimum absolute atomic E-state index is 0.128. The number of hydrogen-bond acceptors (Lipinski definition) is 4. The molecule has 0 radical (unpaired) electrons. The van der Waals surface area contributed by atoms with Gasteiger partial charge in [0.1, 0.15) is 0 Å². The van der Waals surface area contributed by atoms with Crippen molar-refractivity contribution in [3.05, 3.63) is 35.4 Å². The van der Waals surface area contributed by atoms with Gasteiger partial charge in [0.15, 0.2) is 0 Å². The Kier molecular flexibility index (Phi) is 4.92. The third kappa shape index (κ3) is 3.93. The summed E-state index contributed by atoms with van der Waals surface area (Å²) in [5, 5.41) is 0.